The summed E-state index contributed by atoms with van der Waals surface area (Å²) in [6.45, 7) is 1.39. The number of para-hydroxylation sites is 2. The normalized spacial score (nSPS) is 13.1. The highest BCUT2D eigenvalue weighted by Gasteiger charge is 2.33. The van der Waals surface area contributed by atoms with E-state index in [-0.39, 0.29) is 39.1 Å². The van der Waals surface area contributed by atoms with Gasteiger partial charge in [-0.3, -0.25) is 24.0 Å². The Morgan fingerprint density at radius 1 is 0.461 bits per heavy atom. The van der Waals surface area contributed by atoms with Crippen LogP contribution in [0.3, 0.4) is 0 Å². The summed E-state index contributed by atoms with van der Waals surface area (Å²) in [7, 11) is 0. The van der Waals surface area contributed by atoms with Gasteiger partial charge in [0.1, 0.15) is 49.2 Å². The van der Waals surface area contributed by atoms with E-state index in [1.807, 2.05) is 127 Å². The molecule has 0 saturated carbocycles. The summed E-state index contributed by atoms with van der Waals surface area (Å²) in [4.78, 5) is 90.4. The van der Waals surface area contributed by atoms with Crippen molar-refractivity contribution in [3.05, 3.63) is 210 Å². The van der Waals surface area contributed by atoms with Crippen LogP contribution in [0.4, 0.5) is 4.79 Å². The van der Waals surface area contributed by atoms with Crippen molar-refractivity contribution >= 4 is 57.4 Å². The van der Waals surface area contributed by atoms with Crippen molar-refractivity contribution in [2.24, 2.45) is 5.73 Å². The van der Waals surface area contributed by atoms with Gasteiger partial charge >= 0.3 is 6.09 Å². The number of rotatable bonds is 25. The lowest BCUT2D eigenvalue weighted by atomic mass is 10.0. The van der Waals surface area contributed by atoms with Crippen molar-refractivity contribution in [1.82, 2.24) is 36.6 Å². The number of hydrogen-bond donors (Lipinski definition) is 8. The fraction of sp³-hybridized carbons (Fsp3) is 0.220. The zero-order valence-corrected chi connectivity index (χ0v) is 41.8. The van der Waals surface area contributed by atoms with E-state index in [2.05, 4.69) is 36.6 Å². The van der Waals surface area contributed by atoms with Crippen LogP contribution in [0.15, 0.2) is 176 Å². The molecule has 0 aliphatic rings. The predicted molar refractivity (Wildman–Crippen MR) is 287 cm³/mol. The molecule has 6 amide bonds. The number of nitrogens with two attached hydrogens (primary N) is 1. The van der Waals surface area contributed by atoms with Gasteiger partial charge in [0.25, 0.3) is 0 Å². The Bertz CT molecular complexity index is 3220. The molecule has 0 saturated heterocycles. The average Bonchev–Trinajstić information content (AvgIpc) is 4.05. The van der Waals surface area contributed by atoms with Crippen molar-refractivity contribution < 1.29 is 43.0 Å². The summed E-state index contributed by atoms with van der Waals surface area (Å²) in [6.07, 6.45) is 2.54. The number of primary amides is 1. The number of fused-ring (bicyclic) bond motifs is 2. The van der Waals surface area contributed by atoms with E-state index in [1.165, 1.54) is 6.92 Å². The summed E-state index contributed by atoms with van der Waals surface area (Å²) in [5.41, 5.74) is 11.7. The van der Waals surface area contributed by atoms with Gasteiger partial charge in [0, 0.05) is 53.5 Å². The molecule has 9 N–H and O–H groups in total. The molecule has 0 fully saturated rings. The van der Waals surface area contributed by atoms with Crippen LogP contribution in [0.1, 0.15) is 40.3 Å². The maximum absolute atomic E-state index is 15.0. The van der Waals surface area contributed by atoms with Crippen molar-refractivity contribution in [3.8, 4) is 5.75 Å². The molecule has 5 atom stereocenters. The first-order valence-electron chi connectivity index (χ1n) is 24.9. The minimum atomic E-state index is -1.44. The van der Waals surface area contributed by atoms with E-state index >= 15 is 0 Å². The van der Waals surface area contributed by atoms with Gasteiger partial charge in [0.15, 0.2) is 0 Å². The van der Waals surface area contributed by atoms with Crippen molar-refractivity contribution in [3.63, 3.8) is 0 Å². The van der Waals surface area contributed by atoms with Crippen molar-refractivity contribution in [2.45, 2.75) is 76.2 Å². The summed E-state index contributed by atoms with van der Waals surface area (Å²) < 4.78 is 17.7. The Labute approximate surface area is 439 Å². The van der Waals surface area contributed by atoms with E-state index in [9.17, 15) is 28.8 Å². The molecule has 0 aliphatic carbocycles. The van der Waals surface area contributed by atoms with Gasteiger partial charge in [-0.2, -0.15) is 0 Å². The van der Waals surface area contributed by atoms with E-state index in [4.69, 9.17) is 19.9 Å². The molecule has 0 aliphatic heterocycles. The number of nitrogens with one attached hydrogen (secondary N) is 7. The monoisotopic (exact) mass is 1020 g/mol. The maximum Gasteiger partial charge on any atom is 0.408 e. The minimum Gasteiger partial charge on any atom is -0.489 e. The quantitative estimate of drug-likeness (QED) is 0.0324. The molecule has 2 aromatic heterocycles. The summed E-state index contributed by atoms with van der Waals surface area (Å²) >= 11 is 0. The van der Waals surface area contributed by atoms with Crippen LogP contribution in [-0.2, 0) is 72.5 Å². The molecule has 76 heavy (non-hydrogen) atoms. The van der Waals surface area contributed by atoms with E-state index < -0.39 is 65.8 Å². The third kappa shape index (κ3) is 14.9. The van der Waals surface area contributed by atoms with Crippen LogP contribution in [0.2, 0.25) is 0 Å². The molecule has 0 unspecified atom stereocenters. The molecule has 0 radical (unpaired) electrons. The summed E-state index contributed by atoms with van der Waals surface area (Å²) in [5, 5.41) is 15.5. The fourth-order valence-corrected chi connectivity index (χ4v) is 8.53. The molecule has 8 rings (SSSR count). The summed E-state index contributed by atoms with van der Waals surface area (Å²) in [5.74, 6) is -3.20. The number of alkyl carbamates (subject to hydrolysis) is 1. The smallest absolute Gasteiger partial charge is 0.408 e. The zero-order chi connectivity index (χ0) is 53.2. The number of carbonyl (C=O) groups is 6. The zero-order valence-electron chi connectivity index (χ0n) is 41.8. The van der Waals surface area contributed by atoms with Crippen LogP contribution < -0.4 is 37.1 Å². The topological polar surface area (TPSA) is 248 Å². The molecule has 6 aromatic carbocycles. The lowest BCUT2D eigenvalue weighted by Gasteiger charge is -2.27. The number of benzene rings is 6. The second kappa shape index (κ2) is 26.1. The average molecular weight is 1030 g/mol. The van der Waals surface area contributed by atoms with Crippen molar-refractivity contribution in [2.75, 3.05) is 6.61 Å². The fourth-order valence-electron chi connectivity index (χ4n) is 8.53. The number of hydrogen-bond acceptors (Lipinski definition) is 9. The van der Waals surface area contributed by atoms with Crippen LogP contribution in [-0.4, -0.2) is 82.4 Å². The van der Waals surface area contributed by atoms with Gasteiger partial charge in [-0.05, 0) is 64.6 Å². The highest BCUT2D eigenvalue weighted by atomic mass is 16.5. The molecular formula is C59H60N8O9. The Balaban J connectivity index is 1.08. The third-order valence-electron chi connectivity index (χ3n) is 12.7. The first-order chi connectivity index (χ1) is 36.9. The molecule has 17 nitrogen and oxygen atoms in total. The van der Waals surface area contributed by atoms with Gasteiger partial charge in [0.05, 0.1) is 13.2 Å². The molecule has 0 spiro atoms. The number of amides is 6. The maximum atomic E-state index is 15.0. The molecule has 8 aromatic rings. The Kier molecular flexibility index (Phi) is 18.3. The Morgan fingerprint density at radius 2 is 0.895 bits per heavy atom. The molecule has 2 heterocycles. The first-order valence-corrected chi connectivity index (χ1v) is 24.9. The predicted octanol–water partition coefficient (Wildman–Crippen LogP) is 6.21. The number of ether oxygens (including phenoxy) is 3. The molecular weight excluding hydrogens is 965 g/mol. The van der Waals surface area contributed by atoms with E-state index in [0.29, 0.717) is 23.5 Å². The van der Waals surface area contributed by atoms with Crippen LogP contribution in [0.25, 0.3) is 21.8 Å². The van der Waals surface area contributed by atoms with Crippen LogP contribution in [0, 0.1) is 0 Å². The second-order valence-electron chi connectivity index (χ2n) is 18.3. The lowest BCUT2D eigenvalue weighted by Crippen LogP contribution is -2.60. The van der Waals surface area contributed by atoms with E-state index in [0.717, 1.165) is 44.1 Å². The SMILES string of the molecule is C[C@@H](NC(=O)[C@H](Cc1c[nH]c2ccccc12)NC(=O)[C@H](COCc1ccccc1)NC(=O)[C@H](Cc1ccc(OCc2ccccc2)cc1)NC(=O)[C@H](Cc1c[nH]c2ccccc12)NC(=O)OCc1ccccc1)C(N)=O. The van der Waals surface area contributed by atoms with Gasteiger partial charge in [0.2, 0.25) is 29.5 Å². The number of aromatic amines is 2. The molecule has 390 valence electrons. The largest absolute Gasteiger partial charge is 0.489 e. The molecule has 0 bridgehead atoms. The van der Waals surface area contributed by atoms with Crippen molar-refractivity contribution in [1.29, 1.82) is 0 Å². The lowest BCUT2D eigenvalue weighted by molar-refractivity contribution is -0.135. The number of H-pyrrole nitrogens is 2. The number of carbonyl (C=O) groups excluding carboxylic acids is 6. The van der Waals surface area contributed by atoms with Crippen LogP contribution in [0.5, 0.6) is 5.75 Å². The Hall–Kier alpha value is -9.22. The second-order valence-corrected chi connectivity index (χ2v) is 18.3. The minimum absolute atomic E-state index is 0.00464. The summed E-state index contributed by atoms with van der Waals surface area (Å²) in [6, 6.07) is 43.6. The highest BCUT2D eigenvalue weighted by molar-refractivity contribution is 5.97. The molecule has 17 heteroatoms. The number of aromatic nitrogens is 2. The Morgan fingerprint density at radius 3 is 1.43 bits per heavy atom. The van der Waals surface area contributed by atoms with Gasteiger partial charge in [-0.25, -0.2) is 4.79 Å². The van der Waals surface area contributed by atoms with E-state index in [1.54, 1.807) is 48.8 Å². The van der Waals surface area contributed by atoms with Gasteiger partial charge in [-0.15, -0.1) is 0 Å². The van der Waals surface area contributed by atoms with Gasteiger partial charge in [-0.1, -0.05) is 140 Å². The standard InChI is InChI=1S/C59H60N8O9/c1-38(54(60)68)63-55(69)51(30-43-32-61-48-23-13-11-21-46(43)48)65-58(72)53(37-74-34-40-15-5-2-6-16-40)66-56(70)50(29-39-25-27-45(28-26-39)75-35-41-17-7-3-8-18-41)64-57(71)52(31-44-33-62-49-24-14-12-22-47(44)49)67-59(73)76-36-42-19-9-4-10-20-42/h2-28,32-33,38,50-53,61-62H,29-31,34-37H2,1H3,(H2,60,68)(H,63,69)(H,64,71)(H,65,72)(H,66,70)(H,67,73)/t38-,50+,51+,52+,53+/m1/s1. The third-order valence-corrected chi connectivity index (χ3v) is 12.7. The first kappa shape index (κ1) is 53.1. The van der Waals surface area contributed by atoms with Gasteiger partial charge < -0.3 is 56.5 Å². The highest BCUT2D eigenvalue weighted by Crippen LogP contribution is 2.22. The van der Waals surface area contributed by atoms with Crippen LogP contribution >= 0.6 is 0 Å².